The highest BCUT2D eigenvalue weighted by molar-refractivity contribution is 6.03. The number of amides is 2. The molecule has 4 aromatic rings. The number of imidazole rings is 2. The molecule has 1 atom stereocenters. The Morgan fingerprint density at radius 2 is 1.69 bits per heavy atom. The van der Waals surface area contributed by atoms with E-state index in [9.17, 15) is 9.59 Å². The zero-order valence-electron chi connectivity index (χ0n) is 24.8. The smallest absolute Gasteiger partial charge is 0.407 e. The molecule has 220 valence electrons. The highest BCUT2D eigenvalue weighted by atomic mass is 16.6. The zero-order chi connectivity index (χ0) is 29.9. The number of hydrogen-bond acceptors (Lipinski definition) is 7. The maximum Gasteiger partial charge on any atom is 0.407 e. The minimum absolute atomic E-state index is 0.00453. The summed E-state index contributed by atoms with van der Waals surface area (Å²) in [5, 5.41) is 6.06. The molecule has 4 heterocycles. The van der Waals surface area contributed by atoms with Crippen LogP contribution in [0.15, 0.2) is 61.6 Å². The summed E-state index contributed by atoms with van der Waals surface area (Å²) in [6.07, 6.45) is 10.4. The van der Waals surface area contributed by atoms with Gasteiger partial charge in [-0.25, -0.2) is 14.8 Å². The van der Waals surface area contributed by atoms with Gasteiger partial charge in [-0.05, 0) is 89.9 Å². The number of ether oxygens (including phenoxy) is 1. The lowest BCUT2D eigenvalue weighted by Crippen LogP contribution is -2.48. The summed E-state index contributed by atoms with van der Waals surface area (Å²) in [5.74, 6) is -0.307. The number of aryl methyl sites for hydroxylation is 2. The van der Waals surface area contributed by atoms with Crippen molar-refractivity contribution in [2.45, 2.75) is 65.6 Å². The maximum absolute atomic E-state index is 13.3. The van der Waals surface area contributed by atoms with Crippen LogP contribution in [0.2, 0.25) is 0 Å². The van der Waals surface area contributed by atoms with E-state index in [1.54, 1.807) is 24.9 Å². The van der Waals surface area contributed by atoms with Gasteiger partial charge in [0, 0.05) is 49.1 Å². The average molecular weight is 571 g/mol. The van der Waals surface area contributed by atoms with Crippen molar-refractivity contribution in [1.82, 2.24) is 34.3 Å². The molecule has 0 saturated carbocycles. The Morgan fingerprint density at radius 3 is 2.36 bits per heavy atom. The molecule has 0 radical (unpaired) electrons. The quantitative estimate of drug-likeness (QED) is 0.327. The molecule has 5 rings (SSSR count). The molecule has 3 aromatic heterocycles. The molecule has 0 aliphatic carbocycles. The van der Waals surface area contributed by atoms with Crippen molar-refractivity contribution in [1.29, 1.82) is 0 Å². The van der Waals surface area contributed by atoms with Crippen molar-refractivity contribution in [3.8, 4) is 11.4 Å². The highest BCUT2D eigenvalue weighted by Crippen LogP contribution is 2.23. The van der Waals surface area contributed by atoms with E-state index in [0.717, 1.165) is 47.7 Å². The van der Waals surface area contributed by atoms with Crippen molar-refractivity contribution < 1.29 is 14.3 Å². The first kappa shape index (κ1) is 29.0. The molecule has 1 aliphatic rings. The van der Waals surface area contributed by atoms with Crippen molar-refractivity contribution in [2.24, 2.45) is 0 Å². The van der Waals surface area contributed by atoms with Crippen LogP contribution in [0.1, 0.15) is 61.1 Å². The van der Waals surface area contributed by atoms with Gasteiger partial charge in [-0.3, -0.25) is 14.7 Å². The van der Waals surface area contributed by atoms with E-state index in [0.29, 0.717) is 24.5 Å². The van der Waals surface area contributed by atoms with E-state index < -0.39 is 11.7 Å². The fraction of sp³-hybridized carbons (Fsp3) is 0.387. The topological polar surface area (TPSA) is 119 Å². The van der Waals surface area contributed by atoms with Crippen LogP contribution in [0.5, 0.6) is 0 Å². The molecule has 1 fully saturated rings. The number of piperidine rings is 1. The summed E-state index contributed by atoms with van der Waals surface area (Å²) in [7, 11) is 0. The number of pyridine rings is 1. The number of likely N-dealkylation sites (tertiary alicyclic amines) is 1. The molecular weight excluding hydrogens is 532 g/mol. The number of aromatic nitrogens is 5. The lowest BCUT2D eigenvalue weighted by Gasteiger charge is -2.33. The van der Waals surface area contributed by atoms with Crippen LogP contribution in [-0.2, 0) is 11.3 Å². The molecule has 1 saturated heterocycles. The van der Waals surface area contributed by atoms with Gasteiger partial charge < -0.3 is 24.5 Å². The molecule has 11 nitrogen and oxygen atoms in total. The van der Waals surface area contributed by atoms with Crippen LogP contribution in [0.3, 0.4) is 0 Å². The monoisotopic (exact) mass is 570 g/mol. The lowest BCUT2D eigenvalue weighted by atomic mass is 10.0. The Balaban J connectivity index is 1.34. The second kappa shape index (κ2) is 12.2. The van der Waals surface area contributed by atoms with Crippen LogP contribution >= 0.6 is 0 Å². The number of carbonyl (C=O) groups is 2. The number of rotatable bonds is 7. The average Bonchev–Trinajstić information content (AvgIpc) is 3.56. The van der Waals surface area contributed by atoms with E-state index in [1.165, 1.54) is 0 Å². The number of anilines is 1. The Hall–Kier alpha value is -4.51. The number of alkyl carbamates (subject to hydrolysis) is 1. The van der Waals surface area contributed by atoms with Crippen molar-refractivity contribution >= 4 is 17.7 Å². The summed E-state index contributed by atoms with van der Waals surface area (Å²) in [6.45, 7) is 11.7. The number of hydrogen-bond donors (Lipinski definition) is 2. The summed E-state index contributed by atoms with van der Waals surface area (Å²) >= 11 is 0. The Morgan fingerprint density at radius 1 is 0.976 bits per heavy atom. The fourth-order valence-electron chi connectivity index (χ4n) is 5.06. The standard InChI is InChI=1S/C31H38N8O3/c1-21-15-38(19-33-21)26-8-9-32-28(14-26)29(40)35-25-11-23(12-27(13-25)39-16-22(2)34-20-39)17-37-10-6-7-24(18-37)36-30(41)42-31(3,4)5/h8-9,11-16,19-20,24H,6-7,10,17-18H2,1-5H3,(H,35,40)(H,36,41)/t24-/m0/s1. The maximum atomic E-state index is 13.3. The van der Waals surface area contributed by atoms with Gasteiger partial charge in [0.1, 0.15) is 11.3 Å². The molecule has 0 unspecified atom stereocenters. The van der Waals surface area contributed by atoms with Crippen molar-refractivity contribution in [2.75, 3.05) is 18.4 Å². The van der Waals surface area contributed by atoms with Crippen LogP contribution < -0.4 is 10.6 Å². The Kier molecular flexibility index (Phi) is 8.39. The molecule has 2 N–H and O–H groups in total. The predicted octanol–water partition coefficient (Wildman–Crippen LogP) is 4.81. The molecule has 1 aliphatic heterocycles. The van der Waals surface area contributed by atoms with Gasteiger partial charge in [-0.2, -0.15) is 0 Å². The summed E-state index contributed by atoms with van der Waals surface area (Å²) in [6, 6.07) is 9.59. The van der Waals surface area contributed by atoms with Gasteiger partial charge in [-0.1, -0.05) is 0 Å². The van der Waals surface area contributed by atoms with Crippen LogP contribution in [-0.4, -0.2) is 65.7 Å². The van der Waals surface area contributed by atoms with Gasteiger partial charge >= 0.3 is 6.09 Å². The third-order valence-electron chi connectivity index (χ3n) is 6.86. The van der Waals surface area contributed by atoms with E-state index in [-0.39, 0.29) is 11.9 Å². The van der Waals surface area contributed by atoms with Gasteiger partial charge in [0.05, 0.1) is 29.7 Å². The predicted molar refractivity (Wildman–Crippen MR) is 160 cm³/mol. The van der Waals surface area contributed by atoms with Gasteiger partial charge in [-0.15, -0.1) is 0 Å². The number of carbonyl (C=O) groups excluding carboxylic acids is 2. The van der Waals surface area contributed by atoms with Crippen molar-refractivity contribution in [3.63, 3.8) is 0 Å². The third kappa shape index (κ3) is 7.61. The molecular formula is C31H38N8O3. The first-order chi connectivity index (χ1) is 20.0. The molecule has 0 bridgehead atoms. The summed E-state index contributed by atoms with van der Waals surface area (Å²) < 4.78 is 9.26. The minimum atomic E-state index is -0.541. The van der Waals surface area contributed by atoms with Crippen molar-refractivity contribution in [3.05, 3.63) is 84.2 Å². The molecule has 42 heavy (non-hydrogen) atoms. The first-order valence-corrected chi connectivity index (χ1v) is 14.2. The van der Waals surface area contributed by atoms with Crippen LogP contribution in [0.4, 0.5) is 10.5 Å². The normalized spacial score (nSPS) is 15.8. The molecule has 1 aromatic carbocycles. The van der Waals surface area contributed by atoms with E-state index >= 15 is 0 Å². The van der Waals surface area contributed by atoms with Crippen LogP contribution in [0.25, 0.3) is 11.4 Å². The number of benzene rings is 1. The molecule has 0 spiro atoms. The molecule has 11 heteroatoms. The Labute approximate surface area is 245 Å². The summed E-state index contributed by atoms with van der Waals surface area (Å²) in [4.78, 5) is 40.9. The van der Waals surface area contributed by atoms with E-state index in [2.05, 4.69) is 36.6 Å². The highest BCUT2D eigenvalue weighted by Gasteiger charge is 2.24. The van der Waals surface area contributed by atoms with Gasteiger partial charge in [0.15, 0.2) is 0 Å². The van der Waals surface area contributed by atoms with E-state index in [1.807, 2.05) is 74.3 Å². The second-order valence-corrected chi connectivity index (χ2v) is 11.8. The number of nitrogens with zero attached hydrogens (tertiary/aromatic N) is 6. The summed E-state index contributed by atoms with van der Waals surface area (Å²) in [5.41, 5.74) is 4.93. The van der Waals surface area contributed by atoms with Gasteiger partial charge in [0.2, 0.25) is 0 Å². The number of nitrogens with one attached hydrogen (secondary N) is 2. The SMILES string of the molecule is Cc1cn(-c2cc(CN3CCC[C@H](NC(=O)OC(C)(C)C)C3)cc(NC(=O)c3cc(-n4cnc(C)c4)ccn3)c2)cn1. The second-order valence-electron chi connectivity index (χ2n) is 11.8. The van der Waals surface area contributed by atoms with Crippen LogP contribution in [0, 0.1) is 13.8 Å². The van der Waals surface area contributed by atoms with E-state index in [4.69, 9.17) is 4.74 Å². The fourth-order valence-corrected chi connectivity index (χ4v) is 5.06. The first-order valence-electron chi connectivity index (χ1n) is 14.2. The largest absolute Gasteiger partial charge is 0.444 e. The van der Waals surface area contributed by atoms with Gasteiger partial charge in [0.25, 0.3) is 5.91 Å². The minimum Gasteiger partial charge on any atom is -0.444 e. The third-order valence-corrected chi connectivity index (χ3v) is 6.86. The lowest BCUT2D eigenvalue weighted by molar-refractivity contribution is 0.0470. The Bertz CT molecular complexity index is 1570. The zero-order valence-corrected chi connectivity index (χ0v) is 24.8. The molecule has 2 amide bonds.